The fourth-order valence-electron chi connectivity index (χ4n) is 1.26. The molecule has 0 aliphatic carbocycles. The van der Waals surface area contributed by atoms with E-state index in [0.717, 1.165) is 6.92 Å². The van der Waals surface area contributed by atoms with Gasteiger partial charge in [-0.2, -0.15) is 26.3 Å². The summed E-state index contributed by atoms with van der Waals surface area (Å²) in [6, 6.07) is 0.699. The Morgan fingerprint density at radius 3 is 1.63 bits per heavy atom. The molecule has 0 atom stereocenters. The topological polar surface area (TPSA) is 46.3 Å². The van der Waals surface area contributed by atoms with Gasteiger partial charge in [0, 0.05) is 6.92 Å². The van der Waals surface area contributed by atoms with Crippen LogP contribution in [-0.4, -0.2) is 5.91 Å². The van der Waals surface area contributed by atoms with Crippen LogP contribution >= 0.6 is 0 Å². The van der Waals surface area contributed by atoms with Gasteiger partial charge >= 0.3 is 12.4 Å². The van der Waals surface area contributed by atoms with Gasteiger partial charge in [0.05, 0.1) is 16.8 Å². The number of rotatable bonds is 1. The van der Waals surface area contributed by atoms with Crippen LogP contribution in [0.2, 0.25) is 0 Å². The van der Waals surface area contributed by atoms with E-state index in [-0.39, 0.29) is 11.1 Å². The summed E-state index contributed by atoms with van der Waals surface area (Å²) in [6.45, 7) is 0.910. The molecule has 0 aliphatic rings. The minimum atomic E-state index is -4.98. The molecular formula is C10H8F6N2O. The molecule has 106 valence electrons. The van der Waals surface area contributed by atoms with Crippen molar-refractivity contribution >= 4 is 11.6 Å². The van der Waals surface area contributed by atoms with E-state index in [2.05, 4.69) is 0 Å². The van der Waals surface area contributed by atoms with Crippen molar-refractivity contribution in [2.75, 3.05) is 5.01 Å². The van der Waals surface area contributed by atoms with Gasteiger partial charge in [-0.05, 0) is 18.2 Å². The monoisotopic (exact) mass is 286 g/mol. The molecule has 3 nitrogen and oxygen atoms in total. The van der Waals surface area contributed by atoms with E-state index in [9.17, 15) is 31.1 Å². The largest absolute Gasteiger partial charge is 0.416 e. The summed E-state index contributed by atoms with van der Waals surface area (Å²) >= 11 is 0. The summed E-state index contributed by atoms with van der Waals surface area (Å²) < 4.78 is 74.9. The highest BCUT2D eigenvalue weighted by Gasteiger charge is 2.37. The van der Waals surface area contributed by atoms with Crippen LogP contribution in [0.15, 0.2) is 18.2 Å². The summed E-state index contributed by atoms with van der Waals surface area (Å²) in [5, 5.41) is 0.213. The fourth-order valence-corrected chi connectivity index (χ4v) is 1.26. The molecule has 1 aromatic rings. The molecule has 1 rings (SSSR count). The van der Waals surface area contributed by atoms with Crippen molar-refractivity contribution in [3.63, 3.8) is 0 Å². The number of carbonyl (C=O) groups excluding carboxylic acids is 1. The van der Waals surface area contributed by atoms with Crippen molar-refractivity contribution < 1.29 is 31.1 Å². The SMILES string of the molecule is CC(=O)N(N)c1cc(C(F)(F)F)cc(C(F)(F)F)c1. The highest BCUT2D eigenvalue weighted by atomic mass is 19.4. The number of halogens is 6. The van der Waals surface area contributed by atoms with Gasteiger partial charge < -0.3 is 0 Å². The molecule has 1 amide bonds. The average molecular weight is 286 g/mol. The van der Waals surface area contributed by atoms with E-state index >= 15 is 0 Å². The Morgan fingerprint density at radius 2 is 1.37 bits per heavy atom. The zero-order valence-electron chi connectivity index (χ0n) is 9.43. The molecule has 0 heterocycles. The Morgan fingerprint density at radius 1 is 1.00 bits per heavy atom. The number of hydrazine groups is 1. The molecule has 0 saturated carbocycles. The molecule has 0 radical (unpaired) electrons. The van der Waals surface area contributed by atoms with Crippen molar-refractivity contribution in [2.45, 2.75) is 19.3 Å². The average Bonchev–Trinajstić information content (AvgIpc) is 2.24. The maximum absolute atomic E-state index is 12.5. The van der Waals surface area contributed by atoms with E-state index in [1.807, 2.05) is 0 Å². The van der Waals surface area contributed by atoms with Gasteiger partial charge in [-0.1, -0.05) is 0 Å². The van der Waals surface area contributed by atoms with Crippen LogP contribution < -0.4 is 10.9 Å². The van der Waals surface area contributed by atoms with Gasteiger partial charge in [0.25, 0.3) is 0 Å². The zero-order chi connectivity index (χ0) is 15.0. The van der Waals surface area contributed by atoms with Crippen LogP contribution in [0.3, 0.4) is 0 Å². The number of amides is 1. The van der Waals surface area contributed by atoms with Gasteiger partial charge in [-0.25, -0.2) is 10.9 Å². The first-order chi connectivity index (χ1) is 8.43. The molecule has 0 saturated heterocycles. The third kappa shape index (κ3) is 3.60. The van der Waals surface area contributed by atoms with Crippen molar-refractivity contribution in [2.24, 2.45) is 5.84 Å². The standard InChI is InChI=1S/C10H8F6N2O/c1-5(19)18(17)8-3-6(9(11,12)13)2-7(4-8)10(14,15)16/h2-4H,17H2,1H3. The van der Waals surface area contributed by atoms with Gasteiger partial charge in [0.15, 0.2) is 0 Å². The molecule has 2 N–H and O–H groups in total. The third-order valence-electron chi connectivity index (χ3n) is 2.19. The second kappa shape index (κ2) is 4.72. The zero-order valence-corrected chi connectivity index (χ0v) is 9.43. The first-order valence-electron chi connectivity index (χ1n) is 4.78. The lowest BCUT2D eigenvalue weighted by Crippen LogP contribution is -2.35. The van der Waals surface area contributed by atoms with E-state index in [4.69, 9.17) is 5.84 Å². The maximum Gasteiger partial charge on any atom is 0.416 e. The summed E-state index contributed by atoms with van der Waals surface area (Å²) in [5.41, 5.74) is -3.75. The highest BCUT2D eigenvalue weighted by Crippen LogP contribution is 2.37. The number of alkyl halides is 6. The van der Waals surface area contributed by atoms with Crippen LogP contribution in [0.4, 0.5) is 32.0 Å². The molecule has 9 heteroatoms. The molecular weight excluding hydrogens is 278 g/mol. The number of anilines is 1. The van der Waals surface area contributed by atoms with E-state index in [1.165, 1.54) is 0 Å². The van der Waals surface area contributed by atoms with Crippen LogP contribution in [-0.2, 0) is 17.1 Å². The van der Waals surface area contributed by atoms with E-state index in [0.29, 0.717) is 12.1 Å². The first-order valence-corrected chi connectivity index (χ1v) is 4.78. The second-order valence-corrected chi connectivity index (χ2v) is 3.65. The number of nitrogens with two attached hydrogens (primary N) is 1. The summed E-state index contributed by atoms with van der Waals surface area (Å²) in [5.74, 6) is 4.22. The summed E-state index contributed by atoms with van der Waals surface area (Å²) in [7, 11) is 0. The normalized spacial score (nSPS) is 12.4. The molecule has 1 aromatic carbocycles. The second-order valence-electron chi connectivity index (χ2n) is 3.65. The Balaban J connectivity index is 3.45. The fraction of sp³-hybridized carbons (Fsp3) is 0.300. The van der Waals surface area contributed by atoms with Crippen LogP contribution in [0.1, 0.15) is 18.1 Å². The quantitative estimate of drug-likeness (QED) is 0.373. The van der Waals surface area contributed by atoms with Crippen molar-refractivity contribution in [1.82, 2.24) is 0 Å². The Bertz CT molecular complexity index is 462. The number of carbonyl (C=O) groups is 1. The Labute approximate surface area is 103 Å². The van der Waals surface area contributed by atoms with Gasteiger partial charge in [0.1, 0.15) is 0 Å². The molecule has 0 spiro atoms. The van der Waals surface area contributed by atoms with Crippen molar-refractivity contribution in [3.8, 4) is 0 Å². The smallest absolute Gasteiger partial charge is 0.273 e. The highest BCUT2D eigenvalue weighted by molar-refractivity contribution is 5.90. The van der Waals surface area contributed by atoms with Crippen molar-refractivity contribution in [1.29, 1.82) is 0 Å². The minimum absolute atomic E-state index is 0.0442. The molecule has 0 unspecified atom stereocenters. The van der Waals surface area contributed by atoms with Gasteiger partial charge in [0.2, 0.25) is 5.91 Å². The molecule has 19 heavy (non-hydrogen) atoms. The lowest BCUT2D eigenvalue weighted by Gasteiger charge is -2.19. The van der Waals surface area contributed by atoms with Gasteiger partial charge in [-0.15, -0.1) is 0 Å². The van der Waals surface area contributed by atoms with Crippen LogP contribution in [0.25, 0.3) is 0 Å². The number of nitrogens with zero attached hydrogens (tertiary/aromatic N) is 1. The van der Waals surface area contributed by atoms with Crippen molar-refractivity contribution in [3.05, 3.63) is 29.3 Å². The molecule has 0 aliphatic heterocycles. The van der Waals surface area contributed by atoms with Gasteiger partial charge in [-0.3, -0.25) is 4.79 Å². The Kier molecular flexibility index (Phi) is 3.80. The first kappa shape index (κ1) is 15.3. The molecule has 0 bridgehead atoms. The summed E-state index contributed by atoms with van der Waals surface area (Å²) in [6.07, 6.45) is -9.96. The predicted molar refractivity (Wildman–Crippen MR) is 53.8 cm³/mol. The number of benzene rings is 1. The number of hydrogen-bond donors (Lipinski definition) is 1. The predicted octanol–water partition coefficient (Wildman–Crippen LogP) is 2.95. The van der Waals surface area contributed by atoms with E-state index < -0.39 is 35.1 Å². The van der Waals surface area contributed by atoms with E-state index in [1.54, 1.807) is 0 Å². The third-order valence-corrected chi connectivity index (χ3v) is 2.19. The maximum atomic E-state index is 12.5. The number of hydrogen-bond acceptors (Lipinski definition) is 2. The molecule has 0 fully saturated rings. The van der Waals surface area contributed by atoms with Crippen LogP contribution in [0, 0.1) is 0 Å². The van der Waals surface area contributed by atoms with Crippen LogP contribution in [0.5, 0.6) is 0 Å². The minimum Gasteiger partial charge on any atom is -0.273 e. The summed E-state index contributed by atoms with van der Waals surface area (Å²) in [4.78, 5) is 10.9. The molecule has 0 aromatic heterocycles. The lowest BCUT2D eigenvalue weighted by molar-refractivity contribution is -0.143. The lowest BCUT2D eigenvalue weighted by atomic mass is 10.1. The Hall–Kier alpha value is -1.77.